The van der Waals surface area contributed by atoms with Crippen LogP contribution in [0.5, 0.6) is 11.5 Å². The van der Waals surface area contributed by atoms with Crippen LogP contribution in [0.2, 0.25) is 0 Å². The maximum absolute atomic E-state index is 12.8. The maximum Gasteiger partial charge on any atom is 0.264 e. The van der Waals surface area contributed by atoms with Crippen LogP contribution in [0.25, 0.3) is 0 Å². The molecule has 0 radical (unpaired) electrons. The topological polar surface area (TPSA) is 43.2 Å². The lowest BCUT2D eigenvalue weighted by atomic mass is 10.1. The molecule has 0 atom stereocenters. The number of carbonyl (C=O) groups is 1. The highest BCUT2D eigenvalue weighted by molar-refractivity contribution is 7.14. The van der Waals surface area contributed by atoms with Crippen LogP contribution in [0.1, 0.15) is 32.1 Å². The Kier molecular flexibility index (Phi) is 5.36. The Morgan fingerprint density at radius 3 is 2.59 bits per heavy atom. The van der Waals surface area contributed by atoms with E-state index in [1.165, 1.54) is 27.3 Å². The Morgan fingerprint density at radius 1 is 1.11 bits per heavy atom. The first-order valence-corrected chi connectivity index (χ1v) is 10.4. The number of amides is 1. The van der Waals surface area contributed by atoms with Crippen molar-refractivity contribution in [3.63, 3.8) is 0 Å². The number of nitrogens with one attached hydrogen (secondary N) is 1. The highest BCUT2D eigenvalue weighted by Gasteiger charge is 2.27. The van der Waals surface area contributed by atoms with Crippen molar-refractivity contribution >= 4 is 17.2 Å². The highest BCUT2D eigenvalue weighted by Crippen LogP contribution is 2.31. The number of quaternary nitrogens is 1. The van der Waals surface area contributed by atoms with E-state index in [0.717, 1.165) is 61.9 Å². The molecule has 1 aliphatic heterocycles. The van der Waals surface area contributed by atoms with E-state index in [2.05, 4.69) is 18.2 Å². The number of piperazine rings is 1. The van der Waals surface area contributed by atoms with Crippen LogP contribution in [-0.2, 0) is 19.4 Å². The first kappa shape index (κ1) is 18.3. The number of ether oxygens (including phenoxy) is 2. The Bertz CT molecular complexity index is 803. The zero-order chi connectivity index (χ0) is 18.8. The van der Waals surface area contributed by atoms with Crippen molar-refractivity contribution in [3.8, 4) is 11.5 Å². The summed E-state index contributed by atoms with van der Waals surface area (Å²) in [5.41, 5.74) is 2.64. The smallest absolute Gasteiger partial charge is 0.264 e. The molecule has 0 unspecified atom stereocenters. The Morgan fingerprint density at radius 2 is 1.89 bits per heavy atom. The summed E-state index contributed by atoms with van der Waals surface area (Å²) < 4.78 is 10.7. The van der Waals surface area contributed by atoms with Crippen LogP contribution in [0, 0.1) is 0 Å². The van der Waals surface area contributed by atoms with Gasteiger partial charge < -0.3 is 19.3 Å². The van der Waals surface area contributed by atoms with Gasteiger partial charge in [0.05, 0.1) is 45.3 Å². The predicted molar refractivity (Wildman–Crippen MR) is 106 cm³/mol. The summed E-state index contributed by atoms with van der Waals surface area (Å²) in [6, 6.07) is 8.25. The molecule has 1 N–H and O–H groups in total. The van der Waals surface area contributed by atoms with Crippen molar-refractivity contribution < 1.29 is 19.2 Å². The van der Waals surface area contributed by atoms with Crippen molar-refractivity contribution in [2.75, 3.05) is 40.4 Å². The molecule has 1 aromatic carbocycles. The molecule has 4 rings (SSSR count). The molecule has 1 fully saturated rings. The molecule has 0 spiro atoms. The molecule has 1 saturated heterocycles. The average Bonchev–Trinajstić information content (AvgIpc) is 3.30. The molecule has 1 aromatic heterocycles. The molecule has 1 amide bonds. The van der Waals surface area contributed by atoms with E-state index in [1.807, 2.05) is 11.0 Å². The first-order chi connectivity index (χ1) is 13.2. The zero-order valence-corrected chi connectivity index (χ0v) is 16.9. The quantitative estimate of drug-likeness (QED) is 0.851. The van der Waals surface area contributed by atoms with Gasteiger partial charge in [-0.25, -0.2) is 0 Å². The van der Waals surface area contributed by atoms with E-state index in [9.17, 15) is 4.79 Å². The first-order valence-electron chi connectivity index (χ1n) is 9.63. The van der Waals surface area contributed by atoms with E-state index in [0.29, 0.717) is 0 Å². The van der Waals surface area contributed by atoms with E-state index in [1.54, 1.807) is 25.6 Å². The Balaban J connectivity index is 1.34. The van der Waals surface area contributed by atoms with Crippen molar-refractivity contribution in [1.29, 1.82) is 0 Å². The van der Waals surface area contributed by atoms with Gasteiger partial charge >= 0.3 is 0 Å². The lowest BCUT2D eigenvalue weighted by Crippen LogP contribution is -3.13. The summed E-state index contributed by atoms with van der Waals surface area (Å²) in [7, 11) is 3.32. The molecular formula is C21H27N2O3S+. The maximum atomic E-state index is 12.8. The molecule has 0 bridgehead atoms. The summed E-state index contributed by atoms with van der Waals surface area (Å²) in [6.45, 7) is 4.54. The summed E-state index contributed by atoms with van der Waals surface area (Å²) in [4.78, 5) is 18.7. The second-order valence-corrected chi connectivity index (χ2v) is 8.46. The summed E-state index contributed by atoms with van der Waals surface area (Å²) in [5, 5.41) is 0. The number of hydrogen-bond acceptors (Lipinski definition) is 4. The third-order valence-electron chi connectivity index (χ3n) is 5.62. The minimum Gasteiger partial charge on any atom is -0.493 e. The number of carbonyl (C=O) groups excluding carboxylic acids is 1. The van der Waals surface area contributed by atoms with Crippen LogP contribution in [0.3, 0.4) is 0 Å². The SMILES string of the molecule is COc1ccc(C[NH+]2CCN(C(=O)c3cc4c(s3)CCC4)CC2)cc1OC. The van der Waals surface area contributed by atoms with Crippen LogP contribution in [-0.4, -0.2) is 51.2 Å². The number of aryl methyl sites for hydroxylation is 2. The van der Waals surface area contributed by atoms with Gasteiger partial charge in [-0.1, -0.05) is 0 Å². The number of benzene rings is 1. The molecule has 27 heavy (non-hydrogen) atoms. The molecule has 2 aliphatic rings. The minimum absolute atomic E-state index is 0.222. The molecule has 2 aromatic rings. The molecule has 5 nitrogen and oxygen atoms in total. The Hall–Kier alpha value is -2.05. The van der Waals surface area contributed by atoms with Crippen LogP contribution in [0.15, 0.2) is 24.3 Å². The molecule has 2 heterocycles. The van der Waals surface area contributed by atoms with Crippen molar-refractivity contribution in [2.45, 2.75) is 25.8 Å². The fourth-order valence-corrected chi connectivity index (χ4v) is 5.29. The van der Waals surface area contributed by atoms with Gasteiger partial charge in [-0.2, -0.15) is 0 Å². The van der Waals surface area contributed by atoms with Gasteiger partial charge in [0.15, 0.2) is 11.5 Å². The van der Waals surface area contributed by atoms with Crippen LogP contribution < -0.4 is 14.4 Å². The van der Waals surface area contributed by atoms with E-state index in [-0.39, 0.29) is 5.91 Å². The number of methoxy groups -OCH3 is 2. The summed E-state index contributed by atoms with van der Waals surface area (Å²) in [5.74, 6) is 1.75. The second kappa shape index (κ2) is 7.90. The van der Waals surface area contributed by atoms with Crippen LogP contribution in [0.4, 0.5) is 0 Å². The van der Waals surface area contributed by atoms with Gasteiger partial charge in [-0.15, -0.1) is 11.3 Å². The fourth-order valence-electron chi connectivity index (χ4n) is 4.07. The van der Waals surface area contributed by atoms with E-state index in [4.69, 9.17) is 9.47 Å². The van der Waals surface area contributed by atoms with Gasteiger partial charge in [0.25, 0.3) is 5.91 Å². The third-order valence-corrected chi connectivity index (χ3v) is 6.84. The molecule has 1 aliphatic carbocycles. The zero-order valence-electron chi connectivity index (χ0n) is 16.0. The molecule has 144 valence electrons. The Labute approximate surface area is 164 Å². The predicted octanol–water partition coefficient (Wildman–Crippen LogP) is 1.79. The van der Waals surface area contributed by atoms with Crippen molar-refractivity contribution in [1.82, 2.24) is 4.90 Å². The average molecular weight is 388 g/mol. The summed E-state index contributed by atoms with van der Waals surface area (Å²) in [6.07, 6.45) is 3.53. The van der Waals surface area contributed by atoms with Crippen LogP contribution >= 0.6 is 11.3 Å². The molecule has 6 heteroatoms. The fraction of sp³-hybridized carbons (Fsp3) is 0.476. The normalized spacial score (nSPS) is 17.0. The second-order valence-electron chi connectivity index (χ2n) is 7.32. The van der Waals surface area contributed by atoms with Gasteiger partial charge in [0, 0.05) is 10.4 Å². The minimum atomic E-state index is 0.222. The summed E-state index contributed by atoms with van der Waals surface area (Å²) >= 11 is 1.71. The third kappa shape index (κ3) is 3.82. The molecule has 0 saturated carbocycles. The number of hydrogen-bond donors (Lipinski definition) is 1. The van der Waals surface area contributed by atoms with Gasteiger partial charge in [-0.3, -0.25) is 4.79 Å². The number of thiophene rings is 1. The monoisotopic (exact) mass is 387 g/mol. The van der Waals surface area contributed by atoms with Crippen molar-refractivity contribution in [3.05, 3.63) is 45.1 Å². The number of fused-ring (bicyclic) bond motifs is 1. The number of rotatable bonds is 5. The lowest BCUT2D eigenvalue weighted by molar-refractivity contribution is -0.917. The molecular weight excluding hydrogens is 360 g/mol. The van der Waals surface area contributed by atoms with Crippen molar-refractivity contribution in [2.24, 2.45) is 0 Å². The standard InChI is InChI=1S/C21H26N2O3S/c1-25-17-7-6-15(12-18(17)26-2)14-22-8-10-23(11-9-22)21(24)20-13-16-4-3-5-19(16)27-20/h6-7,12-13H,3-5,8-11,14H2,1-2H3/p+1. The van der Waals surface area contributed by atoms with E-state index >= 15 is 0 Å². The van der Waals surface area contributed by atoms with Gasteiger partial charge in [0.1, 0.15) is 6.54 Å². The largest absolute Gasteiger partial charge is 0.493 e. The number of nitrogens with zero attached hydrogens (tertiary/aromatic N) is 1. The lowest BCUT2D eigenvalue weighted by Gasteiger charge is -2.32. The van der Waals surface area contributed by atoms with E-state index < -0.39 is 0 Å². The van der Waals surface area contributed by atoms with Gasteiger partial charge in [0.2, 0.25) is 0 Å². The highest BCUT2D eigenvalue weighted by atomic mass is 32.1. The van der Waals surface area contributed by atoms with Gasteiger partial charge in [-0.05, 0) is 49.1 Å².